The van der Waals surface area contributed by atoms with Gasteiger partial charge in [0.05, 0.1) is 14.5 Å². The van der Waals surface area contributed by atoms with Crippen LogP contribution in [0.5, 0.6) is 17.2 Å². The first kappa shape index (κ1) is 16.6. The molecule has 1 N–H and O–H groups in total. The summed E-state index contributed by atoms with van der Waals surface area (Å²) in [5.74, 6) is 0.623. The second kappa shape index (κ2) is 6.58. The first-order valence-electron chi connectivity index (χ1n) is 5.96. The van der Waals surface area contributed by atoms with Gasteiger partial charge in [-0.05, 0) is 37.9 Å². The third-order valence-electron chi connectivity index (χ3n) is 2.88. The van der Waals surface area contributed by atoms with Crippen molar-refractivity contribution >= 4 is 80.7 Å². The minimum atomic E-state index is -0.0129. The van der Waals surface area contributed by atoms with Crippen molar-refractivity contribution in [1.82, 2.24) is 0 Å². The van der Waals surface area contributed by atoms with Crippen molar-refractivity contribution in [3.05, 3.63) is 37.2 Å². The number of halogens is 3. The maximum Gasteiger partial charge on any atom is 0.172 e. The van der Waals surface area contributed by atoms with E-state index >= 15 is 0 Å². The summed E-state index contributed by atoms with van der Waals surface area (Å²) in [6.45, 7) is 0. The van der Waals surface area contributed by atoms with Crippen LogP contribution < -0.4 is 15.7 Å². The van der Waals surface area contributed by atoms with Crippen molar-refractivity contribution < 1.29 is 14.6 Å². The Bertz CT molecular complexity index is 735. The van der Waals surface area contributed by atoms with Gasteiger partial charge in [-0.15, -0.1) is 0 Å². The van der Waals surface area contributed by atoms with Crippen LogP contribution >= 0.6 is 47.8 Å². The smallest absolute Gasteiger partial charge is 0.172 e. The zero-order chi connectivity index (χ0) is 15.7. The molecule has 3 nitrogen and oxygen atoms in total. The van der Waals surface area contributed by atoms with E-state index in [1.54, 1.807) is 18.2 Å². The zero-order valence-corrected chi connectivity index (χ0v) is 16.0. The highest BCUT2D eigenvalue weighted by Gasteiger charge is 2.17. The lowest BCUT2D eigenvalue weighted by atomic mass is 9.94. The molecule has 0 aliphatic carbocycles. The van der Waals surface area contributed by atoms with Crippen LogP contribution in [0.15, 0.2) is 31.6 Å². The molecule has 0 radical (unpaired) electrons. The topological polar surface area (TPSA) is 46.5 Å². The van der Waals surface area contributed by atoms with E-state index in [1.165, 1.54) is 0 Å². The summed E-state index contributed by atoms with van der Waals surface area (Å²) >= 11 is 10.1. The van der Waals surface area contributed by atoms with E-state index in [9.17, 15) is 9.90 Å². The fourth-order valence-corrected chi connectivity index (χ4v) is 3.32. The number of phenols is 1. The predicted octanol–water partition coefficient (Wildman–Crippen LogP) is 1.80. The number of benzene rings is 2. The fraction of sp³-hybridized carbons (Fsp3) is 0. The number of hydrogen-bond acceptors (Lipinski definition) is 3. The van der Waals surface area contributed by atoms with Gasteiger partial charge in [-0.1, -0.05) is 39.0 Å². The molecule has 2 aromatic rings. The summed E-state index contributed by atoms with van der Waals surface area (Å²) in [4.78, 5) is 11.3. The molecule has 2 aromatic carbocycles. The number of aldehydes is 1. The Labute approximate surface area is 149 Å². The maximum absolute atomic E-state index is 11.3. The molecule has 21 heavy (non-hydrogen) atoms. The Morgan fingerprint density at radius 3 is 2.38 bits per heavy atom. The lowest BCUT2D eigenvalue weighted by molar-refractivity contribution is 0.112. The third kappa shape index (κ3) is 3.38. The molecule has 0 aliphatic rings. The number of carbonyl (C=O) groups excluding carboxylic acids is 1. The Morgan fingerprint density at radius 1 is 1.10 bits per heavy atom. The van der Waals surface area contributed by atoms with Gasteiger partial charge in [0.2, 0.25) is 0 Å². The Morgan fingerprint density at radius 2 is 1.76 bits per heavy atom. The quantitative estimate of drug-likeness (QED) is 0.545. The van der Waals surface area contributed by atoms with Gasteiger partial charge < -0.3 is 9.84 Å². The van der Waals surface area contributed by atoms with Gasteiger partial charge in [0.1, 0.15) is 15.7 Å². The Balaban J connectivity index is 2.59. The Kier molecular flexibility index (Phi) is 5.22. The summed E-state index contributed by atoms with van der Waals surface area (Å²) in [6.07, 6.45) is 0.724. The summed E-state index contributed by atoms with van der Waals surface area (Å²) in [7, 11) is 3.77. The van der Waals surface area contributed by atoms with Crippen LogP contribution in [0.1, 0.15) is 10.4 Å². The molecule has 0 aromatic heterocycles. The van der Waals surface area contributed by atoms with Crippen molar-refractivity contribution in [3.63, 3.8) is 0 Å². The molecule has 0 atom stereocenters. The van der Waals surface area contributed by atoms with Crippen LogP contribution in [0, 0.1) is 0 Å². The van der Waals surface area contributed by atoms with Crippen molar-refractivity contribution in [3.8, 4) is 17.2 Å². The predicted molar refractivity (Wildman–Crippen MR) is 99.5 cm³/mol. The number of ether oxygens (including phenoxy) is 1. The second-order valence-electron chi connectivity index (χ2n) is 4.55. The molecular formula is C13H9B2Br3O3. The highest BCUT2D eigenvalue weighted by Crippen LogP contribution is 2.41. The molecule has 0 amide bonds. The first-order chi connectivity index (χ1) is 9.85. The summed E-state index contributed by atoms with van der Waals surface area (Å²) in [5, 5.41) is 10.1. The largest absolute Gasteiger partial charge is 0.503 e. The van der Waals surface area contributed by atoms with E-state index < -0.39 is 0 Å². The van der Waals surface area contributed by atoms with Crippen molar-refractivity contribution in [2.45, 2.75) is 0 Å². The van der Waals surface area contributed by atoms with E-state index in [2.05, 4.69) is 47.8 Å². The molecule has 2 rings (SSSR count). The van der Waals surface area contributed by atoms with Crippen molar-refractivity contribution in [1.29, 1.82) is 0 Å². The molecular weight excluding hydrogens is 465 g/mol. The van der Waals surface area contributed by atoms with Crippen molar-refractivity contribution in [2.75, 3.05) is 0 Å². The van der Waals surface area contributed by atoms with Crippen molar-refractivity contribution in [2.24, 2.45) is 0 Å². The number of rotatable bonds is 3. The second-order valence-corrected chi connectivity index (χ2v) is 6.99. The van der Waals surface area contributed by atoms with Crippen LogP contribution in [0.4, 0.5) is 0 Å². The van der Waals surface area contributed by atoms with Crippen LogP contribution in [0.25, 0.3) is 0 Å². The van der Waals surface area contributed by atoms with Crippen LogP contribution in [-0.2, 0) is 0 Å². The molecule has 0 spiro atoms. The van der Waals surface area contributed by atoms with Gasteiger partial charge in [0, 0.05) is 4.47 Å². The number of aromatic hydroxyl groups is 1. The van der Waals surface area contributed by atoms with E-state index in [4.69, 9.17) is 4.74 Å². The van der Waals surface area contributed by atoms with Gasteiger partial charge in [-0.2, -0.15) is 0 Å². The van der Waals surface area contributed by atoms with Crippen LogP contribution in [0.2, 0.25) is 0 Å². The fourth-order valence-electron chi connectivity index (χ4n) is 1.84. The molecule has 0 unspecified atom stereocenters. The normalized spacial score (nSPS) is 10.4. The SMILES string of the molecule is Bc1cc(Br)c(O)c(Oc2c(C=O)cc(B)c(Br)c2Br)c1. The van der Waals surface area contributed by atoms with Gasteiger partial charge in [0.15, 0.2) is 23.5 Å². The van der Waals surface area contributed by atoms with Gasteiger partial charge in [-0.25, -0.2) is 0 Å². The number of hydrogen-bond donors (Lipinski definition) is 1. The lowest BCUT2D eigenvalue weighted by Gasteiger charge is -2.15. The highest BCUT2D eigenvalue weighted by molar-refractivity contribution is 9.13. The van der Waals surface area contributed by atoms with E-state index in [1.807, 2.05) is 15.7 Å². The minimum Gasteiger partial charge on any atom is -0.503 e. The van der Waals surface area contributed by atoms with Gasteiger partial charge >= 0.3 is 0 Å². The molecule has 0 aliphatic heterocycles. The summed E-state index contributed by atoms with van der Waals surface area (Å²) in [6, 6.07) is 5.21. The van der Waals surface area contributed by atoms with E-state index in [0.717, 1.165) is 21.7 Å². The van der Waals surface area contributed by atoms with Crippen LogP contribution in [0.3, 0.4) is 0 Å². The minimum absolute atomic E-state index is 0.0129. The summed E-state index contributed by atoms with van der Waals surface area (Å²) < 4.78 is 7.73. The van der Waals surface area contributed by atoms with Gasteiger partial charge in [0.25, 0.3) is 0 Å². The Hall–Kier alpha value is -0.720. The average molecular weight is 475 g/mol. The molecule has 0 fully saturated rings. The zero-order valence-electron chi connectivity index (χ0n) is 11.2. The molecule has 0 saturated carbocycles. The molecule has 8 heteroatoms. The van der Waals surface area contributed by atoms with Crippen LogP contribution in [-0.4, -0.2) is 27.1 Å². The standard InChI is InChI=1S/C13H9B2Br3O3/c14-6-2-8(16)12(20)9(3-6)21-13-5(4-19)1-7(15)10(17)11(13)18/h1-4,20H,14-15H2. The van der Waals surface area contributed by atoms with E-state index in [-0.39, 0.29) is 11.5 Å². The lowest BCUT2D eigenvalue weighted by Crippen LogP contribution is -2.09. The third-order valence-corrected chi connectivity index (χ3v) is 5.80. The van der Waals surface area contributed by atoms with E-state index in [0.29, 0.717) is 20.3 Å². The molecule has 0 bridgehead atoms. The molecule has 0 saturated heterocycles. The molecule has 0 heterocycles. The first-order valence-corrected chi connectivity index (χ1v) is 8.33. The average Bonchev–Trinajstić information content (AvgIpc) is 2.44. The summed E-state index contributed by atoms with van der Waals surface area (Å²) in [5.41, 5.74) is 2.23. The highest BCUT2D eigenvalue weighted by atomic mass is 79.9. The number of carbonyl (C=O) groups is 1. The maximum atomic E-state index is 11.3. The monoisotopic (exact) mass is 472 g/mol. The molecule has 106 valence electrons. The van der Waals surface area contributed by atoms with Gasteiger partial charge in [-0.3, -0.25) is 4.79 Å². The number of phenolic OH excluding ortho intramolecular Hbond substituents is 1.